The summed E-state index contributed by atoms with van der Waals surface area (Å²) >= 11 is 0. The van der Waals surface area contributed by atoms with Crippen molar-refractivity contribution in [2.45, 2.75) is 95.9 Å². The molecular weight excluding hydrogens is 532 g/mol. The molecule has 0 spiro atoms. The van der Waals surface area contributed by atoms with Gasteiger partial charge in [0.25, 0.3) is 0 Å². The van der Waals surface area contributed by atoms with E-state index in [9.17, 15) is 14.7 Å². The summed E-state index contributed by atoms with van der Waals surface area (Å²) in [5.74, 6) is 1.03. The molecule has 2 atom stereocenters. The average Bonchev–Trinajstić information content (AvgIpc) is 3.57. The van der Waals surface area contributed by atoms with E-state index >= 15 is 0 Å². The van der Waals surface area contributed by atoms with E-state index in [1.54, 1.807) is 4.52 Å². The highest BCUT2D eigenvalue weighted by atomic mass is 16.6. The van der Waals surface area contributed by atoms with E-state index in [4.69, 9.17) is 14.8 Å². The second-order valence-electron chi connectivity index (χ2n) is 12.9. The molecule has 3 aromatic rings. The minimum Gasteiger partial charge on any atom is -0.444 e. The third-order valence-electron chi connectivity index (χ3n) is 8.51. The van der Waals surface area contributed by atoms with Crippen molar-refractivity contribution in [3.05, 3.63) is 59.4 Å². The van der Waals surface area contributed by atoms with Crippen LogP contribution >= 0.6 is 0 Å². The predicted octanol–water partition coefficient (Wildman–Crippen LogP) is 4.23. The third-order valence-corrected chi connectivity index (χ3v) is 8.51. The van der Waals surface area contributed by atoms with Gasteiger partial charge in [-0.1, -0.05) is 30.3 Å². The van der Waals surface area contributed by atoms with Crippen molar-refractivity contribution in [3.63, 3.8) is 0 Å². The number of aromatic nitrogens is 3. The normalized spacial score (nSPS) is 23.6. The number of nitrogens with zero attached hydrogens (tertiary/aromatic N) is 4. The minimum atomic E-state index is -0.578. The van der Waals surface area contributed by atoms with Gasteiger partial charge in [-0.15, -0.1) is 0 Å². The van der Waals surface area contributed by atoms with Crippen molar-refractivity contribution in [1.82, 2.24) is 25.2 Å². The summed E-state index contributed by atoms with van der Waals surface area (Å²) in [6.45, 7) is 11.3. The van der Waals surface area contributed by atoms with Crippen molar-refractivity contribution in [3.8, 4) is 0 Å². The largest absolute Gasteiger partial charge is 0.444 e. The van der Waals surface area contributed by atoms with Crippen molar-refractivity contribution in [2.24, 2.45) is 0 Å². The van der Waals surface area contributed by atoms with Crippen LogP contribution in [-0.4, -0.2) is 69.0 Å². The Morgan fingerprint density at radius 2 is 1.88 bits per heavy atom. The predicted molar refractivity (Wildman–Crippen MR) is 162 cm³/mol. The van der Waals surface area contributed by atoms with Gasteiger partial charge in [-0.3, -0.25) is 4.79 Å². The van der Waals surface area contributed by atoms with Crippen LogP contribution in [0, 0.1) is 6.92 Å². The Kier molecular flexibility index (Phi) is 8.57. The topological polar surface area (TPSA) is 121 Å². The number of aliphatic hydroxyl groups excluding tert-OH is 1. The molecule has 2 aromatic heterocycles. The number of aliphatic hydroxyl groups is 1. The number of hydrogen-bond donors (Lipinski definition) is 3. The average molecular weight is 577 g/mol. The second-order valence-corrected chi connectivity index (χ2v) is 12.9. The first-order valence-electron chi connectivity index (χ1n) is 15.1. The standard InChI is InChI=1S/C32H44N6O4/c1-21-19-38-28(35-29(21)37-16-13-24(20-37)34-30(41)42-31(3,4)5)17-26(36-38)22(2)33-18-27(40)32(14-11-25(39)12-15-32)23-9-7-6-8-10-23/h6-10,17,19,22,24-25,33,39H,11-16,18,20H2,1-5H3,(H,34,41)/t22-,24-,25?,32?/m0/s1. The fraction of sp³-hybridized carbons (Fsp3) is 0.562. The number of aryl methyl sites for hydroxylation is 1. The number of rotatable bonds is 8. The number of anilines is 1. The van der Waals surface area contributed by atoms with Crippen molar-refractivity contribution < 1.29 is 19.4 Å². The highest BCUT2D eigenvalue weighted by molar-refractivity contribution is 5.92. The summed E-state index contributed by atoms with van der Waals surface area (Å²) in [7, 11) is 0. The number of nitrogens with one attached hydrogen (secondary N) is 2. The van der Waals surface area contributed by atoms with E-state index in [-0.39, 0.29) is 30.5 Å². The lowest BCUT2D eigenvalue weighted by Crippen LogP contribution is -2.45. The molecule has 10 nitrogen and oxygen atoms in total. The van der Waals surface area contributed by atoms with E-state index < -0.39 is 17.1 Å². The molecule has 1 aliphatic carbocycles. The zero-order chi connectivity index (χ0) is 30.1. The molecular formula is C32H44N6O4. The van der Waals surface area contributed by atoms with Crippen LogP contribution in [0.4, 0.5) is 10.6 Å². The van der Waals surface area contributed by atoms with E-state index in [1.807, 2.05) is 77.2 Å². The van der Waals surface area contributed by atoms with Gasteiger partial charge in [-0.25, -0.2) is 14.3 Å². The molecule has 1 aromatic carbocycles. The molecule has 1 saturated heterocycles. The third kappa shape index (κ3) is 6.60. The molecule has 1 saturated carbocycles. The Bertz CT molecular complexity index is 1410. The lowest BCUT2D eigenvalue weighted by molar-refractivity contribution is -0.125. The molecule has 10 heteroatoms. The first-order valence-corrected chi connectivity index (χ1v) is 15.1. The molecule has 1 aliphatic heterocycles. The number of carbonyl (C=O) groups excluding carboxylic acids is 2. The monoisotopic (exact) mass is 576 g/mol. The fourth-order valence-corrected chi connectivity index (χ4v) is 6.20. The molecule has 0 bridgehead atoms. The minimum absolute atomic E-state index is 0.00823. The molecule has 226 valence electrons. The van der Waals surface area contributed by atoms with Crippen molar-refractivity contribution >= 4 is 23.3 Å². The highest BCUT2D eigenvalue weighted by Crippen LogP contribution is 2.40. The van der Waals surface area contributed by atoms with Crippen LogP contribution in [0.25, 0.3) is 5.65 Å². The van der Waals surface area contributed by atoms with Gasteiger partial charge in [0.05, 0.1) is 29.8 Å². The Balaban J connectivity index is 1.24. The maximum atomic E-state index is 13.7. The molecule has 2 aliphatic rings. The second kappa shape index (κ2) is 12.0. The van der Waals surface area contributed by atoms with Crippen LogP contribution in [0.3, 0.4) is 0 Å². The van der Waals surface area contributed by atoms with E-state index in [1.165, 1.54) is 0 Å². The smallest absolute Gasteiger partial charge is 0.407 e. The molecule has 1 amide bonds. The van der Waals surface area contributed by atoms with Crippen LogP contribution in [-0.2, 0) is 14.9 Å². The van der Waals surface area contributed by atoms with Gasteiger partial charge in [-0.05, 0) is 72.3 Å². The number of amides is 1. The van der Waals surface area contributed by atoms with Gasteiger partial charge < -0.3 is 25.4 Å². The summed E-state index contributed by atoms with van der Waals surface area (Å²) in [5, 5.41) is 21.3. The molecule has 2 fully saturated rings. The number of carbonyl (C=O) groups is 2. The first kappa shape index (κ1) is 30.0. The van der Waals surface area contributed by atoms with Gasteiger partial charge in [-0.2, -0.15) is 5.10 Å². The van der Waals surface area contributed by atoms with Crippen molar-refractivity contribution in [1.29, 1.82) is 0 Å². The maximum absolute atomic E-state index is 13.7. The van der Waals surface area contributed by atoms with Gasteiger partial charge in [0.15, 0.2) is 11.4 Å². The Hall–Kier alpha value is -3.50. The van der Waals surface area contributed by atoms with E-state index in [2.05, 4.69) is 15.5 Å². The summed E-state index contributed by atoms with van der Waals surface area (Å²) in [4.78, 5) is 33.1. The molecule has 3 N–H and O–H groups in total. The molecule has 5 rings (SSSR count). The Morgan fingerprint density at radius 3 is 2.57 bits per heavy atom. The summed E-state index contributed by atoms with van der Waals surface area (Å²) < 4.78 is 7.20. The van der Waals surface area contributed by atoms with Crippen LogP contribution in [0.1, 0.15) is 82.7 Å². The molecule has 3 heterocycles. The highest BCUT2D eigenvalue weighted by Gasteiger charge is 2.42. The van der Waals surface area contributed by atoms with Crippen LogP contribution in [0.5, 0.6) is 0 Å². The lowest BCUT2D eigenvalue weighted by Gasteiger charge is -2.38. The molecule has 0 unspecified atom stereocenters. The van der Waals surface area contributed by atoms with Gasteiger partial charge >= 0.3 is 6.09 Å². The van der Waals surface area contributed by atoms with Crippen LogP contribution in [0.2, 0.25) is 0 Å². The summed E-state index contributed by atoms with van der Waals surface area (Å²) in [6.07, 6.45) is 4.62. The van der Waals surface area contributed by atoms with Gasteiger partial charge in [0.2, 0.25) is 0 Å². The number of fused-ring (bicyclic) bond motifs is 1. The maximum Gasteiger partial charge on any atom is 0.407 e. The zero-order valence-electron chi connectivity index (χ0n) is 25.4. The summed E-state index contributed by atoms with van der Waals surface area (Å²) in [5.41, 5.74) is 2.46. The quantitative estimate of drug-likeness (QED) is 0.364. The van der Waals surface area contributed by atoms with E-state index in [0.29, 0.717) is 32.2 Å². The van der Waals surface area contributed by atoms with Gasteiger partial charge in [0.1, 0.15) is 11.4 Å². The van der Waals surface area contributed by atoms with Crippen LogP contribution < -0.4 is 15.5 Å². The number of hydrogen-bond acceptors (Lipinski definition) is 8. The van der Waals surface area contributed by atoms with E-state index in [0.717, 1.165) is 41.3 Å². The lowest BCUT2D eigenvalue weighted by atomic mass is 9.66. The summed E-state index contributed by atoms with van der Waals surface area (Å²) in [6, 6.07) is 11.8. The number of ether oxygens (including phenoxy) is 1. The number of ketones is 1. The zero-order valence-corrected chi connectivity index (χ0v) is 25.4. The number of Topliss-reactive ketones (excluding diaryl/α,β-unsaturated/α-hetero) is 1. The van der Waals surface area contributed by atoms with Crippen molar-refractivity contribution in [2.75, 3.05) is 24.5 Å². The SMILES string of the molecule is Cc1cn2nc([C@H](C)NCC(=O)C3(c4ccccc4)CCC(O)CC3)cc2nc1N1CC[C@H](NC(=O)OC(C)(C)C)C1. The number of benzene rings is 1. The fourth-order valence-electron chi connectivity index (χ4n) is 6.20. The molecule has 42 heavy (non-hydrogen) atoms. The number of alkyl carbamates (subject to hydrolysis) is 1. The molecule has 0 radical (unpaired) electrons. The Labute approximate surface area is 247 Å². The van der Waals surface area contributed by atoms with Crippen LogP contribution in [0.15, 0.2) is 42.6 Å². The Morgan fingerprint density at radius 1 is 1.17 bits per heavy atom. The van der Waals surface area contributed by atoms with Gasteiger partial charge in [0, 0.05) is 37.0 Å². The first-order chi connectivity index (χ1) is 19.9.